The molecular weight excluding hydrogens is 418 g/mol. The summed E-state index contributed by atoms with van der Waals surface area (Å²) in [6.45, 7) is 0. The van der Waals surface area contributed by atoms with E-state index in [0.29, 0.717) is 20.8 Å². The zero-order valence-corrected chi connectivity index (χ0v) is 16.8. The van der Waals surface area contributed by atoms with Gasteiger partial charge in [0.15, 0.2) is 0 Å². The maximum absolute atomic E-state index is 6.73. The Labute approximate surface area is 171 Å². The number of nitrogens with zero attached hydrogens (tertiary/aromatic N) is 2. The average molecular weight is 432 g/mol. The summed E-state index contributed by atoms with van der Waals surface area (Å²) >= 11 is 26.7. The third-order valence-corrected chi connectivity index (χ3v) is 6.52. The number of thioether (sulfide) groups is 1. The molecule has 0 saturated heterocycles. The predicted molar refractivity (Wildman–Crippen MR) is 109 cm³/mol. The maximum Gasteiger partial charge on any atom is 0.125 e. The van der Waals surface area contributed by atoms with Crippen LogP contribution >= 0.6 is 58.2 Å². The molecule has 0 spiro atoms. The highest BCUT2D eigenvalue weighted by Gasteiger charge is 2.23. The molecule has 3 rings (SSSR count). The second kappa shape index (κ2) is 8.70. The number of imidazole rings is 1. The molecule has 0 saturated carbocycles. The lowest BCUT2D eigenvalue weighted by Gasteiger charge is -2.23. The standard InChI is InChI=1S/C18H14Cl4N2S/c19-14-4-1-12(2-5-14)17(18(22)24-8-7-23-11-24)25-10-13-3-6-15(20)9-16(13)21/h1-9,11,17-18H,10H2. The third kappa shape index (κ3) is 4.87. The first-order valence-electron chi connectivity index (χ1n) is 7.47. The first kappa shape index (κ1) is 18.9. The van der Waals surface area contributed by atoms with Gasteiger partial charge in [0.2, 0.25) is 0 Å². The van der Waals surface area contributed by atoms with Crippen molar-refractivity contribution < 1.29 is 0 Å². The summed E-state index contributed by atoms with van der Waals surface area (Å²) in [5, 5.41) is 1.98. The van der Waals surface area contributed by atoms with Crippen molar-refractivity contribution in [2.75, 3.05) is 0 Å². The highest BCUT2D eigenvalue weighted by atomic mass is 35.5. The molecule has 1 heterocycles. The lowest BCUT2D eigenvalue weighted by molar-refractivity contribution is 0.651. The van der Waals surface area contributed by atoms with Crippen molar-refractivity contribution in [3.63, 3.8) is 0 Å². The van der Waals surface area contributed by atoms with Gasteiger partial charge in [-0.1, -0.05) is 64.6 Å². The van der Waals surface area contributed by atoms with Crippen molar-refractivity contribution in [2.45, 2.75) is 16.5 Å². The largest absolute Gasteiger partial charge is 0.319 e. The number of halogens is 4. The zero-order valence-electron chi connectivity index (χ0n) is 12.9. The maximum atomic E-state index is 6.73. The topological polar surface area (TPSA) is 17.8 Å². The fourth-order valence-corrected chi connectivity index (χ4v) is 4.80. The van der Waals surface area contributed by atoms with Gasteiger partial charge in [0, 0.05) is 33.2 Å². The van der Waals surface area contributed by atoms with E-state index in [1.165, 1.54) is 0 Å². The number of benzene rings is 2. The van der Waals surface area contributed by atoms with Crippen LogP contribution in [0.4, 0.5) is 0 Å². The third-order valence-electron chi connectivity index (χ3n) is 3.69. The van der Waals surface area contributed by atoms with Crippen molar-refractivity contribution >= 4 is 58.2 Å². The van der Waals surface area contributed by atoms with E-state index in [2.05, 4.69) is 4.98 Å². The Morgan fingerprint density at radius 1 is 1.00 bits per heavy atom. The molecule has 0 bridgehead atoms. The van der Waals surface area contributed by atoms with Crippen LogP contribution in [-0.2, 0) is 5.75 Å². The molecule has 7 heteroatoms. The predicted octanol–water partition coefficient (Wildman–Crippen LogP) is 7.26. The normalized spacial score (nSPS) is 13.6. The fourth-order valence-electron chi connectivity index (χ4n) is 2.38. The lowest BCUT2D eigenvalue weighted by Crippen LogP contribution is -2.09. The van der Waals surface area contributed by atoms with Crippen molar-refractivity contribution in [1.82, 2.24) is 9.55 Å². The summed E-state index contributed by atoms with van der Waals surface area (Å²) in [4.78, 5) is 4.09. The van der Waals surface area contributed by atoms with Crippen molar-refractivity contribution in [1.29, 1.82) is 0 Å². The van der Waals surface area contributed by atoms with Crippen LogP contribution in [0.3, 0.4) is 0 Å². The van der Waals surface area contributed by atoms with Gasteiger partial charge >= 0.3 is 0 Å². The van der Waals surface area contributed by atoms with Gasteiger partial charge in [0.1, 0.15) is 5.50 Å². The number of hydrogen-bond acceptors (Lipinski definition) is 2. The molecule has 0 N–H and O–H groups in total. The molecule has 0 aliphatic rings. The molecule has 2 aromatic carbocycles. The Kier molecular flexibility index (Phi) is 6.59. The van der Waals surface area contributed by atoms with Crippen LogP contribution in [0.5, 0.6) is 0 Å². The Balaban J connectivity index is 1.84. The van der Waals surface area contributed by atoms with Crippen LogP contribution in [0.15, 0.2) is 61.2 Å². The quantitative estimate of drug-likeness (QED) is 0.382. The number of aromatic nitrogens is 2. The smallest absolute Gasteiger partial charge is 0.125 e. The van der Waals surface area contributed by atoms with E-state index in [1.54, 1.807) is 30.4 Å². The minimum Gasteiger partial charge on any atom is -0.319 e. The molecule has 0 aliphatic carbocycles. The highest BCUT2D eigenvalue weighted by molar-refractivity contribution is 7.98. The van der Waals surface area contributed by atoms with E-state index in [-0.39, 0.29) is 10.8 Å². The van der Waals surface area contributed by atoms with Gasteiger partial charge in [-0.2, -0.15) is 0 Å². The van der Waals surface area contributed by atoms with Gasteiger partial charge in [-0.15, -0.1) is 11.8 Å². The van der Waals surface area contributed by atoms with Crippen molar-refractivity contribution in [3.8, 4) is 0 Å². The van der Waals surface area contributed by atoms with Gasteiger partial charge in [0.25, 0.3) is 0 Å². The minimum absolute atomic E-state index is 0.000113. The van der Waals surface area contributed by atoms with E-state index in [0.717, 1.165) is 11.1 Å². The van der Waals surface area contributed by atoms with E-state index in [9.17, 15) is 0 Å². The molecule has 0 radical (unpaired) electrons. The molecule has 25 heavy (non-hydrogen) atoms. The summed E-state index contributed by atoms with van der Waals surface area (Å²) in [5.74, 6) is 0.710. The Bertz CT molecular complexity index is 822. The molecule has 0 amide bonds. The molecule has 0 fully saturated rings. The summed E-state index contributed by atoms with van der Waals surface area (Å²) in [7, 11) is 0. The fraction of sp³-hybridized carbons (Fsp3) is 0.167. The van der Waals surface area contributed by atoms with Gasteiger partial charge in [0.05, 0.1) is 11.6 Å². The molecule has 2 atom stereocenters. The molecule has 1 aromatic heterocycles. The molecule has 0 aliphatic heterocycles. The summed E-state index contributed by atoms with van der Waals surface area (Å²) in [6, 6.07) is 13.3. The van der Waals surface area contributed by atoms with Gasteiger partial charge < -0.3 is 4.57 Å². The van der Waals surface area contributed by atoms with Crippen LogP contribution in [0, 0.1) is 0 Å². The molecule has 2 nitrogen and oxygen atoms in total. The SMILES string of the molecule is Clc1ccc(C(SCc2ccc(Cl)cc2Cl)C(Cl)n2ccnc2)cc1. The second-order valence-electron chi connectivity index (χ2n) is 5.40. The first-order valence-corrected chi connectivity index (χ1v) is 10.1. The van der Waals surface area contributed by atoms with E-state index < -0.39 is 0 Å². The molecular formula is C18H14Cl4N2S. The van der Waals surface area contributed by atoms with E-state index in [1.807, 2.05) is 47.2 Å². The summed E-state index contributed by atoms with van der Waals surface area (Å²) in [6.07, 6.45) is 5.29. The molecule has 130 valence electrons. The Morgan fingerprint density at radius 2 is 1.72 bits per heavy atom. The molecule has 2 unspecified atom stereocenters. The minimum atomic E-state index is -0.292. The lowest BCUT2D eigenvalue weighted by atomic mass is 10.1. The number of alkyl halides is 1. The average Bonchev–Trinajstić information content (AvgIpc) is 3.12. The van der Waals surface area contributed by atoms with Crippen LogP contribution < -0.4 is 0 Å². The Hall–Kier alpha value is -0.840. The van der Waals surface area contributed by atoms with Gasteiger partial charge in [-0.3, -0.25) is 0 Å². The Morgan fingerprint density at radius 3 is 2.36 bits per heavy atom. The second-order valence-corrected chi connectivity index (χ2v) is 8.26. The van der Waals surface area contributed by atoms with Crippen LogP contribution in [0.25, 0.3) is 0 Å². The zero-order chi connectivity index (χ0) is 17.8. The van der Waals surface area contributed by atoms with E-state index in [4.69, 9.17) is 46.4 Å². The molecule has 3 aromatic rings. The number of hydrogen-bond donors (Lipinski definition) is 0. The van der Waals surface area contributed by atoms with Crippen molar-refractivity contribution in [3.05, 3.63) is 87.4 Å². The summed E-state index contributed by atoms with van der Waals surface area (Å²) < 4.78 is 1.89. The van der Waals surface area contributed by atoms with Crippen LogP contribution in [0.1, 0.15) is 21.9 Å². The highest BCUT2D eigenvalue weighted by Crippen LogP contribution is 2.43. The van der Waals surface area contributed by atoms with Crippen LogP contribution in [-0.4, -0.2) is 9.55 Å². The summed E-state index contributed by atoms with van der Waals surface area (Å²) in [5.41, 5.74) is 1.82. The number of rotatable bonds is 6. The van der Waals surface area contributed by atoms with Crippen LogP contribution in [0.2, 0.25) is 15.1 Å². The van der Waals surface area contributed by atoms with Crippen molar-refractivity contribution in [2.24, 2.45) is 0 Å². The first-order chi connectivity index (χ1) is 12.0. The monoisotopic (exact) mass is 430 g/mol. The van der Waals surface area contributed by atoms with E-state index >= 15 is 0 Å². The van der Waals surface area contributed by atoms with Gasteiger partial charge in [-0.05, 0) is 35.4 Å². The van der Waals surface area contributed by atoms with Gasteiger partial charge in [-0.25, -0.2) is 4.98 Å².